The molecule has 0 fully saturated rings. The predicted octanol–water partition coefficient (Wildman–Crippen LogP) is 1.84. The molecule has 0 atom stereocenters. The number of fused-ring (bicyclic) bond motifs is 1. The summed E-state index contributed by atoms with van der Waals surface area (Å²) in [5.74, 6) is 0. The molecular formula is C10H13N3. The molecule has 0 aromatic carbocycles. The summed E-state index contributed by atoms with van der Waals surface area (Å²) in [5, 5.41) is 5.49. The lowest BCUT2D eigenvalue weighted by molar-refractivity contribution is 0.773. The summed E-state index contributed by atoms with van der Waals surface area (Å²) in [6.07, 6.45) is 2.95. The maximum absolute atomic E-state index is 4.37. The highest BCUT2D eigenvalue weighted by Gasteiger charge is 2.05. The first-order valence-electron chi connectivity index (χ1n) is 4.50. The van der Waals surface area contributed by atoms with Crippen molar-refractivity contribution in [3.8, 4) is 0 Å². The Balaban J connectivity index is 2.76. The molecule has 2 aromatic heterocycles. The second kappa shape index (κ2) is 2.83. The molecule has 0 aliphatic carbocycles. The van der Waals surface area contributed by atoms with E-state index < -0.39 is 0 Å². The number of hydrogen-bond acceptors (Lipinski definition) is 2. The largest absolute Gasteiger partial charge is 0.250 e. The van der Waals surface area contributed by atoms with Gasteiger partial charge in [-0.15, -0.1) is 0 Å². The topological polar surface area (TPSA) is 30.7 Å². The Morgan fingerprint density at radius 1 is 1.46 bits per heavy atom. The molecule has 0 aliphatic heterocycles. The second-order valence-electron chi connectivity index (χ2n) is 3.28. The molecule has 68 valence electrons. The molecule has 2 heterocycles. The van der Waals surface area contributed by atoms with Gasteiger partial charge in [-0.3, -0.25) is 4.68 Å². The van der Waals surface area contributed by atoms with E-state index in [9.17, 15) is 0 Å². The first-order valence-corrected chi connectivity index (χ1v) is 4.50. The third kappa shape index (κ3) is 1.20. The quantitative estimate of drug-likeness (QED) is 0.662. The van der Waals surface area contributed by atoms with Crippen molar-refractivity contribution in [1.29, 1.82) is 0 Å². The van der Waals surface area contributed by atoms with Crippen LogP contribution in [-0.2, 0) is 13.5 Å². The van der Waals surface area contributed by atoms with Gasteiger partial charge in [0, 0.05) is 18.6 Å². The maximum Gasteiger partial charge on any atom is 0.157 e. The van der Waals surface area contributed by atoms with Crippen LogP contribution in [0.1, 0.15) is 18.2 Å². The van der Waals surface area contributed by atoms with E-state index in [-0.39, 0.29) is 0 Å². The van der Waals surface area contributed by atoms with E-state index in [0.717, 1.165) is 17.8 Å². The van der Waals surface area contributed by atoms with Crippen LogP contribution in [0.4, 0.5) is 0 Å². The number of aromatic nitrogens is 3. The van der Waals surface area contributed by atoms with Crippen molar-refractivity contribution in [1.82, 2.24) is 14.8 Å². The Bertz CT molecular complexity index is 443. The molecular weight excluding hydrogens is 162 g/mol. The zero-order valence-corrected chi connectivity index (χ0v) is 8.20. The van der Waals surface area contributed by atoms with Crippen LogP contribution in [0.15, 0.2) is 12.3 Å². The summed E-state index contributed by atoms with van der Waals surface area (Å²) in [5.41, 5.74) is 3.29. The standard InChI is InChI=1S/C10H13N3/c1-4-8-5-9-7(2)12-13(3)10(9)11-6-8/h5-6H,4H2,1-3H3. The Hall–Kier alpha value is -1.38. The molecule has 3 nitrogen and oxygen atoms in total. The van der Waals surface area contributed by atoms with E-state index >= 15 is 0 Å². The number of pyridine rings is 1. The van der Waals surface area contributed by atoms with Crippen molar-refractivity contribution in [3.63, 3.8) is 0 Å². The molecule has 0 saturated heterocycles. The van der Waals surface area contributed by atoms with Gasteiger partial charge in [-0.1, -0.05) is 6.92 Å². The molecule has 0 N–H and O–H groups in total. The first kappa shape index (κ1) is 8.23. The van der Waals surface area contributed by atoms with Gasteiger partial charge in [-0.25, -0.2) is 4.98 Å². The van der Waals surface area contributed by atoms with E-state index in [1.807, 2.05) is 24.9 Å². The van der Waals surface area contributed by atoms with Crippen LogP contribution >= 0.6 is 0 Å². The fourth-order valence-electron chi connectivity index (χ4n) is 1.54. The normalized spacial score (nSPS) is 11.0. The Kier molecular flexibility index (Phi) is 1.79. The van der Waals surface area contributed by atoms with Crippen molar-refractivity contribution in [3.05, 3.63) is 23.5 Å². The molecule has 0 amide bonds. The summed E-state index contributed by atoms with van der Waals surface area (Å²) in [6.45, 7) is 4.15. The maximum atomic E-state index is 4.37. The number of nitrogens with zero attached hydrogens (tertiary/aromatic N) is 3. The molecule has 0 bridgehead atoms. The van der Waals surface area contributed by atoms with Gasteiger partial charge in [0.15, 0.2) is 5.65 Å². The molecule has 3 heteroatoms. The highest BCUT2D eigenvalue weighted by Crippen LogP contribution is 2.16. The molecule has 0 saturated carbocycles. The summed E-state index contributed by atoms with van der Waals surface area (Å²) < 4.78 is 1.82. The second-order valence-corrected chi connectivity index (χ2v) is 3.28. The average Bonchev–Trinajstić information content (AvgIpc) is 2.42. The van der Waals surface area contributed by atoms with Crippen molar-refractivity contribution >= 4 is 11.0 Å². The average molecular weight is 175 g/mol. The number of rotatable bonds is 1. The summed E-state index contributed by atoms with van der Waals surface area (Å²) >= 11 is 0. The van der Waals surface area contributed by atoms with Gasteiger partial charge < -0.3 is 0 Å². The number of aryl methyl sites for hydroxylation is 3. The zero-order valence-electron chi connectivity index (χ0n) is 8.20. The Morgan fingerprint density at radius 2 is 2.23 bits per heavy atom. The minimum Gasteiger partial charge on any atom is -0.250 e. The zero-order chi connectivity index (χ0) is 9.42. The van der Waals surface area contributed by atoms with Crippen LogP contribution in [0.2, 0.25) is 0 Å². The van der Waals surface area contributed by atoms with E-state index in [2.05, 4.69) is 23.1 Å². The summed E-state index contributed by atoms with van der Waals surface area (Å²) in [4.78, 5) is 4.37. The van der Waals surface area contributed by atoms with E-state index in [1.54, 1.807) is 0 Å². The molecule has 0 unspecified atom stereocenters. The van der Waals surface area contributed by atoms with Gasteiger partial charge in [0.05, 0.1) is 5.69 Å². The fourth-order valence-corrected chi connectivity index (χ4v) is 1.54. The van der Waals surface area contributed by atoms with Gasteiger partial charge in [0.25, 0.3) is 0 Å². The lowest BCUT2D eigenvalue weighted by Gasteiger charge is -1.96. The number of hydrogen-bond donors (Lipinski definition) is 0. The Morgan fingerprint density at radius 3 is 2.92 bits per heavy atom. The molecule has 2 rings (SSSR count). The summed E-state index contributed by atoms with van der Waals surface area (Å²) in [6, 6.07) is 2.17. The molecule has 13 heavy (non-hydrogen) atoms. The van der Waals surface area contributed by atoms with Gasteiger partial charge in [-0.2, -0.15) is 5.10 Å². The van der Waals surface area contributed by atoms with Gasteiger partial charge >= 0.3 is 0 Å². The van der Waals surface area contributed by atoms with E-state index in [4.69, 9.17) is 0 Å². The van der Waals surface area contributed by atoms with Crippen LogP contribution in [0, 0.1) is 6.92 Å². The van der Waals surface area contributed by atoms with Crippen molar-refractivity contribution in [2.45, 2.75) is 20.3 Å². The smallest absolute Gasteiger partial charge is 0.157 e. The van der Waals surface area contributed by atoms with Crippen LogP contribution in [0.25, 0.3) is 11.0 Å². The van der Waals surface area contributed by atoms with Crippen molar-refractivity contribution in [2.75, 3.05) is 0 Å². The minimum atomic E-state index is 0.967. The minimum absolute atomic E-state index is 0.967. The van der Waals surface area contributed by atoms with Crippen LogP contribution < -0.4 is 0 Å². The van der Waals surface area contributed by atoms with Crippen LogP contribution in [-0.4, -0.2) is 14.8 Å². The SMILES string of the molecule is CCc1cnc2c(c1)c(C)nn2C. The molecule has 0 radical (unpaired) electrons. The van der Waals surface area contributed by atoms with E-state index in [1.165, 1.54) is 10.9 Å². The third-order valence-corrected chi connectivity index (χ3v) is 2.33. The highest BCUT2D eigenvalue weighted by molar-refractivity contribution is 5.78. The van der Waals surface area contributed by atoms with Crippen molar-refractivity contribution < 1.29 is 0 Å². The lowest BCUT2D eigenvalue weighted by atomic mass is 10.2. The van der Waals surface area contributed by atoms with E-state index in [0.29, 0.717) is 0 Å². The molecule has 2 aromatic rings. The summed E-state index contributed by atoms with van der Waals surface area (Å²) in [7, 11) is 1.92. The monoisotopic (exact) mass is 175 g/mol. The molecule has 0 aliphatic rings. The highest BCUT2D eigenvalue weighted by atomic mass is 15.3. The van der Waals surface area contributed by atoms with Gasteiger partial charge in [-0.05, 0) is 25.0 Å². The third-order valence-electron chi connectivity index (χ3n) is 2.33. The van der Waals surface area contributed by atoms with Crippen LogP contribution in [0.5, 0.6) is 0 Å². The lowest BCUT2D eigenvalue weighted by Crippen LogP contribution is -1.92. The van der Waals surface area contributed by atoms with Gasteiger partial charge in [0.2, 0.25) is 0 Å². The van der Waals surface area contributed by atoms with Crippen LogP contribution in [0.3, 0.4) is 0 Å². The first-order chi connectivity index (χ1) is 6.22. The van der Waals surface area contributed by atoms with Crippen molar-refractivity contribution in [2.24, 2.45) is 7.05 Å². The fraction of sp³-hybridized carbons (Fsp3) is 0.400. The predicted molar refractivity (Wildman–Crippen MR) is 52.6 cm³/mol. The molecule has 0 spiro atoms. The Labute approximate surface area is 77.4 Å². The van der Waals surface area contributed by atoms with Gasteiger partial charge in [0.1, 0.15) is 0 Å².